The maximum atomic E-state index is 13.7. The van der Waals surface area contributed by atoms with Gasteiger partial charge in [0.25, 0.3) is 5.56 Å². The molecule has 1 atom stereocenters. The molecule has 0 spiro atoms. The average molecular weight is 510 g/mol. The summed E-state index contributed by atoms with van der Waals surface area (Å²) in [6.07, 6.45) is 4.44. The van der Waals surface area contributed by atoms with Crippen LogP contribution in [0.5, 0.6) is 11.5 Å². The van der Waals surface area contributed by atoms with Crippen molar-refractivity contribution in [1.29, 1.82) is 0 Å². The average Bonchev–Trinajstić information content (AvgIpc) is 3.53. The molecule has 0 amide bonds. The van der Waals surface area contributed by atoms with Crippen molar-refractivity contribution in [2.24, 2.45) is 5.92 Å². The van der Waals surface area contributed by atoms with Crippen molar-refractivity contribution in [3.63, 3.8) is 0 Å². The van der Waals surface area contributed by atoms with Crippen LogP contribution in [0.1, 0.15) is 30.9 Å². The van der Waals surface area contributed by atoms with Gasteiger partial charge in [0.05, 0.1) is 30.5 Å². The van der Waals surface area contributed by atoms with Crippen LogP contribution in [0.2, 0.25) is 0 Å². The van der Waals surface area contributed by atoms with E-state index in [1.807, 2.05) is 18.2 Å². The van der Waals surface area contributed by atoms with Gasteiger partial charge in [-0.2, -0.15) is 9.78 Å². The summed E-state index contributed by atoms with van der Waals surface area (Å²) in [6.45, 7) is 3.98. The van der Waals surface area contributed by atoms with Gasteiger partial charge in [0.1, 0.15) is 11.5 Å². The summed E-state index contributed by atoms with van der Waals surface area (Å²) in [5, 5.41) is 4.80. The molecular weight excluding hydrogens is 478 g/mol. The fourth-order valence-electron chi connectivity index (χ4n) is 5.27. The third-order valence-corrected chi connectivity index (χ3v) is 8.28. The molecule has 1 fully saturated rings. The number of hydrogen-bond acceptors (Lipinski definition) is 7. The van der Waals surface area contributed by atoms with Gasteiger partial charge in [-0.1, -0.05) is 6.92 Å². The molecule has 1 aliphatic carbocycles. The van der Waals surface area contributed by atoms with Crippen molar-refractivity contribution >= 4 is 15.5 Å². The van der Waals surface area contributed by atoms with Crippen LogP contribution in [-0.4, -0.2) is 51.8 Å². The van der Waals surface area contributed by atoms with Gasteiger partial charge in [0.15, 0.2) is 9.84 Å². The molecule has 2 heterocycles. The number of benzene rings is 2. The number of methoxy groups -OCH3 is 2. The lowest BCUT2D eigenvalue weighted by Gasteiger charge is -2.21. The van der Waals surface area contributed by atoms with E-state index < -0.39 is 9.84 Å². The van der Waals surface area contributed by atoms with E-state index >= 15 is 0 Å². The molecule has 1 aromatic heterocycles. The number of rotatable bonds is 6. The minimum atomic E-state index is -3.62. The molecule has 1 aliphatic heterocycles. The highest BCUT2D eigenvalue weighted by Gasteiger charge is 2.27. The van der Waals surface area contributed by atoms with Crippen LogP contribution in [-0.2, 0) is 22.7 Å². The molecule has 8 nitrogen and oxygen atoms in total. The summed E-state index contributed by atoms with van der Waals surface area (Å²) >= 11 is 0. The van der Waals surface area contributed by atoms with Gasteiger partial charge < -0.3 is 14.4 Å². The molecule has 9 heteroatoms. The maximum absolute atomic E-state index is 13.7. The number of sulfone groups is 1. The molecule has 0 N–H and O–H groups in total. The summed E-state index contributed by atoms with van der Waals surface area (Å²) in [5.74, 6) is 1.77. The molecule has 2 aliphatic rings. The zero-order valence-corrected chi connectivity index (χ0v) is 21.9. The minimum Gasteiger partial charge on any atom is -0.497 e. The fraction of sp³-hybridized carbons (Fsp3) is 0.407. The second-order valence-electron chi connectivity index (χ2n) is 9.74. The zero-order chi connectivity index (χ0) is 25.6. The van der Waals surface area contributed by atoms with Gasteiger partial charge in [-0.3, -0.25) is 4.79 Å². The van der Waals surface area contributed by atoms with Gasteiger partial charge in [-0.25, -0.2) is 8.42 Å². The lowest BCUT2D eigenvalue weighted by molar-refractivity contribution is 0.394. The molecule has 3 aromatic rings. The summed E-state index contributed by atoms with van der Waals surface area (Å²) in [6, 6.07) is 10.7. The van der Waals surface area contributed by atoms with E-state index in [1.54, 1.807) is 32.4 Å². The first-order valence-electron chi connectivity index (χ1n) is 12.2. The summed E-state index contributed by atoms with van der Waals surface area (Å²) in [5.41, 5.74) is 3.88. The van der Waals surface area contributed by atoms with Crippen molar-refractivity contribution < 1.29 is 17.9 Å². The first-order valence-corrected chi connectivity index (χ1v) is 14.1. The quantitative estimate of drug-likeness (QED) is 0.501. The third-order valence-electron chi connectivity index (χ3n) is 7.14. The third kappa shape index (κ3) is 4.36. The molecule has 36 heavy (non-hydrogen) atoms. The Bertz CT molecular complexity index is 1470. The SMILES string of the molecule is COc1cc(OC)cc(-c2nn(-c3cc(N4CC[C@H](C)C4)ccc3S(C)(=O)=O)c(=O)c3c2CCC3)c1. The van der Waals surface area contributed by atoms with Gasteiger partial charge >= 0.3 is 0 Å². The van der Waals surface area contributed by atoms with E-state index in [-0.39, 0.29) is 16.1 Å². The summed E-state index contributed by atoms with van der Waals surface area (Å²) in [7, 11) is -0.453. The molecule has 0 radical (unpaired) electrons. The Morgan fingerprint density at radius 3 is 2.31 bits per heavy atom. The monoisotopic (exact) mass is 509 g/mol. The first kappa shape index (κ1) is 24.4. The molecule has 0 unspecified atom stereocenters. The highest BCUT2D eigenvalue weighted by Crippen LogP contribution is 2.35. The minimum absolute atomic E-state index is 0.0835. The van der Waals surface area contributed by atoms with Crippen LogP contribution in [0.3, 0.4) is 0 Å². The standard InChI is InChI=1S/C27H31N3O5S/c1-17-10-11-29(16-17)19-8-9-25(36(4,32)33)24(14-19)30-27(31)23-7-5-6-22(23)26(28-30)18-12-20(34-2)15-21(13-18)35-3/h8-9,12-15,17H,5-7,10-11,16H2,1-4H3/t17-/m0/s1. The van der Waals surface area contributed by atoms with E-state index in [9.17, 15) is 13.2 Å². The highest BCUT2D eigenvalue weighted by molar-refractivity contribution is 7.90. The molecule has 5 rings (SSSR count). The van der Waals surface area contributed by atoms with Gasteiger partial charge in [0, 0.05) is 42.2 Å². The molecule has 0 bridgehead atoms. The van der Waals surface area contributed by atoms with Crippen molar-refractivity contribution in [3.05, 3.63) is 57.9 Å². The first-order chi connectivity index (χ1) is 17.2. The Kier molecular flexibility index (Phi) is 6.28. The van der Waals surface area contributed by atoms with E-state index in [2.05, 4.69) is 11.8 Å². The Morgan fingerprint density at radius 1 is 1.00 bits per heavy atom. The summed E-state index contributed by atoms with van der Waals surface area (Å²) in [4.78, 5) is 16.0. The Hall–Kier alpha value is -3.33. The number of hydrogen-bond donors (Lipinski definition) is 0. The van der Waals surface area contributed by atoms with Crippen molar-refractivity contribution in [3.8, 4) is 28.4 Å². The van der Waals surface area contributed by atoms with Crippen molar-refractivity contribution in [1.82, 2.24) is 9.78 Å². The second-order valence-corrected chi connectivity index (χ2v) is 11.7. The van der Waals surface area contributed by atoms with Crippen LogP contribution in [0.25, 0.3) is 16.9 Å². The van der Waals surface area contributed by atoms with Crippen LogP contribution >= 0.6 is 0 Å². The van der Waals surface area contributed by atoms with E-state index in [0.29, 0.717) is 35.1 Å². The van der Waals surface area contributed by atoms with Crippen LogP contribution in [0.15, 0.2) is 46.1 Å². The topological polar surface area (TPSA) is 90.7 Å². The van der Waals surface area contributed by atoms with Crippen LogP contribution in [0, 0.1) is 5.92 Å². The lowest BCUT2D eigenvalue weighted by atomic mass is 10.0. The van der Waals surface area contributed by atoms with Gasteiger partial charge in [0.2, 0.25) is 0 Å². The van der Waals surface area contributed by atoms with E-state index in [0.717, 1.165) is 55.4 Å². The van der Waals surface area contributed by atoms with Crippen LogP contribution in [0.4, 0.5) is 5.69 Å². The Morgan fingerprint density at radius 2 is 1.69 bits per heavy atom. The fourth-order valence-corrected chi connectivity index (χ4v) is 6.11. The number of nitrogens with zero attached hydrogens (tertiary/aromatic N) is 3. The molecule has 190 valence electrons. The largest absolute Gasteiger partial charge is 0.497 e. The number of anilines is 1. The number of fused-ring (bicyclic) bond motifs is 1. The van der Waals surface area contributed by atoms with Crippen LogP contribution < -0.4 is 19.9 Å². The Balaban J connectivity index is 1.77. The zero-order valence-electron chi connectivity index (χ0n) is 21.1. The smallest absolute Gasteiger partial charge is 0.275 e. The van der Waals surface area contributed by atoms with Crippen molar-refractivity contribution in [2.45, 2.75) is 37.5 Å². The molecule has 2 aromatic carbocycles. The second kappa shape index (κ2) is 9.28. The molecular formula is C27H31N3O5S. The van der Waals surface area contributed by atoms with Gasteiger partial charge in [-0.15, -0.1) is 0 Å². The number of ether oxygens (including phenoxy) is 2. The van der Waals surface area contributed by atoms with Gasteiger partial charge in [-0.05, 0) is 67.5 Å². The normalized spacial score (nSPS) is 17.3. The van der Waals surface area contributed by atoms with E-state index in [1.165, 1.54) is 4.68 Å². The van der Waals surface area contributed by atoms with Crippen molar-refractivity contribution in [2.75, 3.05) is 38.5 Å². The molecule has 1 saturated heterocycles. The van der Waals surface area contributed by atoms with E-state index in [4.69, 9.17) is 14.6 Å². The lowest BCUT2D eigenvalue weighted by Crippen LogP contribution is -2.28. The number of aromatic nitrogens is 2. The summed E-state index contributed by atoms with van der Waals surface area (Å²) < 4.78 is 37.8. The predicted molar refractivity (Wildman–Crippen MR) is 140 cm³/mol. The maximum Gasteiger partial charge on any atom is 0.275 e. The highest BCUT2D eigenvalue weighted by atomic mass is 32.2. The predicted octanol–water partition coefficient (Wildman–Crippen LogP) is 3.66. The molecule has 0 saturated carbocycles. The Labute approximate surface area is 211 Å².